The van der Waals surface area contributed by atoms with Gasteiger partial charge in [0.25, 0.3) is 5.56 Å². The molecule has 1 unspecified atom stereocenters. The van der Waals surface area contributed by atoms with E-state index in [1.54, 1.807) is 13.1 Å². The molecule has 1 aliphatic rings. The summed E-state index contributed by atoms with van der Waals surface area (Å²) < 4.78 is 11.6. The first kappa shape index (κ1) is 20.6. The molecule has 4 aromatic rings. The smallest absolute Gasteiger partial charge is 0.331 e. The van der Waals surface area contributed by atoms with Crippen LogP contribution in [-0.4, -0.2) is 30.5 Å². The summed E-state index contributed by atoms with van der Waals surface area (Å²) in [6, 6.07) is 12.2. The molecule has 0 spiro atoms. The van der Waals surface area contributed by atoms with Gasteiger partial charge in [0.15, 0.2) is 11.5 Å². The number of benzene rings is 2. The highest BCUT2D eigenvalue weighted by Gasteiger charge is 2.33. The lowest BCUT2D eigenvalue weighted by molar-refractivity contribution is 0.0477. The first-order chi connectivity index (χ1) is 15.3. The maximum Gasteiger partial charge on any atom is 0.331 e. The number of fused-ring (bicyclic) bond motifs is 3. The molecule has 1 atom stereocenters. The number of hydrogen-bond acceptors (Lipinski definition) is 5. The summed E-state index contributed by atoms with van der Waals surface area (Å²) in [6.07, 6.45) is -0.639. The summed E-state index contributed by atoms with van der Waals surface area (Å²) >= 11 is 3.45. The van der Waals surface area contributed by atoms with E-state index in [4.69, 9.17) is 4.74 Å². The summed E-state index contributed by atoms with van der Waals surface area (Å²) in [6.45, 7) is 0.866. The first-order valence-corrected chi connectivity index (χ1v) is 10.8. The number of aromatic nitrogens is 3. The lowest BCUT2D eigenvalue weighted by Crippen LogP contribution is -2.37. The minimum atomic E-state index is -0.639. The van der Waals surface area contributed by atoms with Gasteiger partial charge in [-0.3, -0.25) is 13.9 Å². The van der Waals surface area contributed by atoms with Crippen LogP contribution in [-0.2, 0) is 25.4 Å². The van der Waals surface area contributed by atoms with Crippen LogP contribution in [0.3, 0.4) is 0 Å². The molecule has 32 heavy (non-hydrogen) atoms. The quantitative estimate of drug-likeness (QED) is 0.414. The molecule has 0 radical (unpaired) electrons. The monoisotopic (exact) mass is 497 g/mol. The number of phenols is 2. The van der Waals surface area contributed by atoms with Crippen molar-refractivity contribution in [3.05, 3.63) is 79.0 Å². The standard InChI is InChI=1S/C23H20BrN3O5/c1-25-19-17(22(30)26(2)23(25)31)18(12-3-6-14(24)7-4-12)27-9-10-32-21(20(19)27)13-5-8-15(28)16(29)11-13/h3-8,11,21,28-29H,9-10H2,1-2H3. The van der Waals surface area contributed by atoms with Crippen LogP contribution in [0.4, 0.5) is 0 Å². The molecule has 0 amide bonds. The topological polar surface area (TPSA) is 98.6 Å². The number of phenolic OH excluding ortho intramolecular Hbond substituents is 2. The highest BCUT2D eigenvalue weighted by atomic mass is 79.9. The Morgan fingerprint density at radius 1 is 1.00 bits per heavy atom. The van der Waals surface area contributed by atoms with E-state index in [-0.39, 0.29) is 17.1 Å². The summed E-state index contributed by atoms with van der Waals surface area (Å²) in [5.74, 6) is -0.501. The predicted octanol–water partition coefficient (Wildman–Crippen LogP) is 3.00. The van der Waals surface area contributed by atoms with Crippen molar-refractivity contribution in [3.63, 3.8) is 0 Å². The molecule has 8 nitrogen and oxygen atoms in total. The number of ether oxygens (including phenoxy) is 1. The molecular weight excluding hydrogens is 478 g/mol. The van der Waals surface area contributed by atoms with Crippen molar-refractivity contribution in [1.29, 1.82) is 0 Å². The van der Waals surface area contributed by atoms with Gasteiger partial charge in [0.05, 0.1) is 28.9 Å². The number of rotatable bonds is 2. The average molecular weight is 498 g/mol. The van der Waals surface area contributed by atoms with Gasteiger partial charge in [0, 0.05) is 25.1 Å². The zero-order valence-electron chi connectivity index (χ0n) is 17.4. The Balaban J connectivity index is 1.93. The number of aromatic hydroxyl groups is 2. The largest absolute Gasteiger partial charge is 0.504 e. The molecule has 0 saturated carbocycles. The third-order valence-corrected chi connectivity index (χ3v) is 6.50. The lowest BCUT2D eigenvalue weighted by Gasteiger charge is -2.28. The second kappa shape index (κ2) is 7.39. The minimum Gasteiger partial charge on any atom is -0.504 e. The summed E-state index contributed by atoms with van der Waals surface area (Å²) in [5, 5.41) is 20.2. The molecule has 5 rings (SSSR count). The molecule has 9 heteroatoms. The van der Waals surface area contributed by atoms with Crippen molar-refractivity contribution >= 4 is 26.8 Å². The SMILES string of the molecule is Cn1c(=O)c2c(-c3ccc(Br)cc3)n3c(c2n(C)c1=O)C(c1ccc(O)c(O)c1)OCC3. The molecule has 164 valence electrons. The van der Waals surface area contributed by atoms with Crippen molar-refractivity contribution in [2.24, 2.45) is 14.1 Å². The van der Waals surface area contributed by atoms with Gasteiger partial charge in [0.2, 0.25) is 0 Å². The third-order valence-electron chi connectivity index (χ3n) is 5.97. The second-order valence-corrected chi connectivity index (χ2v) is 8.74. The van der Waals surface area contributed by atoms with Crippen molar-refractivity contribution < 1.29 is 14.9 Å². The van der Waals surface area contributed by atoms with Crippen LogP contribution in [0, 0.1) is 0 Å². The summed E-state index contributed by atoms with van der Waals surface area (Å²) in [4.78, 5) is 26.2. The van der Waals surface area contributed by atoms with Gasteiger partial charge in [-0.2, -0.15) is 0 Å². The molecule has 0 aliphatic carbocycles. The highest BCUT2D eigenvalue weighted by molar-refractivity contribution is 9.10. The molecule has 0 bridgehead atoms. The van der Waals surface area contributed by atoms with Crippen LogP contribution >= 0.6 is 15.9 Å². The summed E-state index contributed by atoms with van der Waals surface area (Å²) in [5.41, 5.74) is 2.51. The van der Waals surface area contributed by atoms with Gasteiger partial charge in [-0.25, -0.2) is 4.79 Å². The van der Waals surface area contributed by atoms with Crippen LogP contribution in [0.5, 0.6) is 11.5 Å². The summed E-state index contributed by atoms with van der Waals surface area (Å²) in [7, 11) is 3.11. The zero-order chi connectivity index (χ0) is 22.7. The van der Waals surface area contributed by atoms with E-state index < -0.39 is 11.8 Å². The van der Waals surface area contributed by atoms with Gasteiger partial charge < -0.3 is 19.5 Å². The molecule has 2 aromatic heterocycles. The van der Waals surface area contributed by atoms with E-state index >= 15 is 0 Å². The molecule has 0 saturated heterocycles. The Morgan fingerprint density at radius 2 is 1.72 bits per heavy atom. The van der Waals surface area contributed by atoms with E-state index in [2.05, 4.69) is 15.9 Å². The van der Waals surface area contributed by atoms with Gasteiger partial charge in [-0.15, -0.1) is 0 Å². The van der Waals surface area contributed by atoms with Crippen LogP contribution in [0.15, 0.2) is 56.5 Å². The molecular formula is C23H20BrN3O5. The second-order valence-electron chi connectivity index (χ2n) is 7.82. The maximum absolute atomic E-state index is 13.3. The number of aryl methyl sites for hydroxylation is 1. The van der Waals surface area contributed by atoms with E-state index in [9.17, 15) is 19.8 Å². The molecule has 2 N–H and O–H groups in total. The van der Waals surface area contributed by atoms with E-state index in [1.807, 2.05) is 28.8 Å². The normalized spacial score (nSPS) is 15.8. The third kappa shape index (κ3) is 2.92. The molecule has 0 fully saturated rings. The average Bonchev–Trinajstić information content (AvgIpc) is 3.14. The lowest BCUT2D eigenvalue weighted by atomic mass is 10.0. The van der Waals surface area contributed by atoms with Crippen LogP contribution in [0.1, 0.15) is 17.4 Å². The first-order valence-electron chi connectivity index (χ1n) is 10.0. The minimum absolute atomic E-state index is 0.235. The maximum atomic E-state index is 13.3. The highest BCUT2D eigenvalue weighted by Crippen LogP contribution is 2.42. The Bertz CT molecular complexity index is 1500. The zero-order valence-corrected chi connectivity index (χ0v) is 19.0. The van der Waals surface area contributed by atoms with Crippen molar-refractivity contribution in [3.8, 4) is 22.8 Å². The van der Waals surface area contributed by atoms with Gasteiger partial charge in [-0.1, -0.05) is 34.1 Å². The van der Waals surface area contributed by atoms with Gasteiger partial charge >= 0.3 is 5.69 Å². The Kier molecular flexibility index (Phi) is 4.75. The Labute approximate surface area is 190 Å². The number of nitrogens with zero attached hydrogens (tertiary/aromatic N) is 3. The van der Waals surface area contributed by atoms with Crippen LogP contribution < -0.4 is 11.2 Å². The van der Waals surface area contributed by atoms with E-state index in [0.29, 0.717) is 35.3 Å². The van der Waals surface area contributed by atoms with Crippen molar-refractivity contribution in [1.82, 2.24) is 13.7 Å². The molecule has 2 aromatic carbocycles. The van der Waals surface area contributed by atoms with Crippen molar-refractivity contribution in [2.45, 2.75) is 12.6 Å². The number of halogens is 1. The van der Waals surface area contributed by atoms with Gasteiger partial charge in [-0.05, 0) is 35.4 Å². The fraction of sp³-hybridized carbons (Fsp3) is 0.217. The van der Waals surface area contributed by atoms with Crippen LogP contribution in [0.2, 0.25) is 0 Å². The molecule has 1 aliphatic heterocycles. The number of hydrogen-bond donors (Lipinski definition) is 2. The Hall–Kier alpha value is -3.30. The predicted molar refractivity (Wildman–Crippen MR) is 123 cm³/mol. The van der Waals surface area contributed by atoms with Crippen molar-refractivity contribution in [2.75, 3.05) is 6.61 Å². The fourth-order valence-corrected chi connectivity index (χ4v) is 4.71. The van der Waals surface area contributed by atoms with Crippen LogP contribution in [0.25, 0.3) is 22.2 Å². The fourth-order valence-electron chi connectivity index (χ4n) is 4.45. The van der Waals surface area contributed by atoms with E-state index in [0.717, 1.165) is 20.3 Å². The molecule has 3 heterocycles. The van der Waals surface area contributed by atoms with E-state index in [1.165, 1.54) is 23.7 Å². The Morgan fingerprint density at radius 3 is 2.41 bits per heavy atom. The van der Waals surface area contributed by atoms with Gasteiger partial charge in [0.1, 0.15) is 6.10 Å².